The molecule has 2 N–H and O–H groups in total. The highest BCUT2D eigenvalue weighted by atomic mass is 16.3. The highest BCUT2D eigenvalue weighted by Crippen LogP contribution is 2.25. The van der Waals surface area contributed by atoms with E-state index in [1.165, 1.54) is 44.9 Å². The van der Waals surface area contributed by atoms with E-state index in [2.05, 4.69) is 0 Å². The average Bonchev–Trinajstić information content (AvgIpc) is 2.32. The van der Waals surface area contributed by atoms with Gasteiger partial charge in [0.15, 0.2) is 0 Å². The van der Waals surface area contributed by atoms with Crippen molar-refractivity contribution in [1.29, 1.82) is 0 Å². The van der Waals surface area contributed by atoms with E-state index in [9.17, 15) is 5.11 Å². The van der Waals surface area contributed by atoms with Crippen molar-refractivity contribution in [3.63, 3.8) is 0 Å². The molecule has 100 valence electrons. The van der Waals surface area contributed by atoms with Crippen LogP contribution in [0, 0.1) is 0 Å². The summed E-state index contributed by atoms with van der Waals surface area (Å²) in [6.07, 6.45) is 16.6. The molecule has 0 saturated heterocycles. The van der Waals surface area contributed by atoms with Gasteiger partial charge in [0, 0.05) is 0 Å². The molecule has 0 amide bonds. The predicted octanol–water partition coefficient (Wildman–Crippen LogP) is 3.57. The third-order valence-electron chi connectivity index (χ3n) is 3.75. The summed E-state index contributed by atoms with van der Waals surface area (Å²) >= 11 is 0. The third kappa shape index (κ3) is 6.85. The van der Waals surface area contributed by atoms with E-state index in [1.807, 2.05) is 6.08 Å². The molecule has 1 fully saturated rings. The Labute approximate surface area is 106 Å². The van der Waals surface area contributed by atoms with Crippen LogP contribution in [0.5, 0.6) is 0 Å². The van der Waals surface area contributed by atoms with Crippen molar-refractivity contribution in [2.24, 2.45) is 0 Å². The lowest BCUT2D eigenvalue weighted by Gasteiger charge is -2.25. The number of aliphatic hydroxyl groups is 2. The monoisotopic (exact) mass is 240 g/mol. The van der Waals surface area contributed by atoms with E-state index in [0.717, 1.165) is 25.7 Å². The Bertz CT molecular complexity index is 199. The summed E-state index contributed by atoms with van der Waals surface area (Å²) in [6, 6.07) is 0. The van der Waals surface area contributed by atoms with Crippen molar-refractivity contribution in [2.45, 2.75) is 76.2 Å². The molecule has 0 aliphatic heterocycles. The Morgan fingerprint density at radius 1 is 0.765 bits per heavy atom. The van der Waals surface area contributed by atoms with E-state index >= 15 is 0 Å². The highest BCUT2D eigenvalue weighted by Gasteiger charge is 2.22. The molecule has 2 nitrogen and oxygen atoms in total. The van der Waals surface area contributed by atoms with Crippen LogP contribution in [-0.4, -0.2) is 22.4 Å². The lowest BCUT2D eigenvalue weighted by atomic mass is 9.88. The number of hydrogen-bond donors (Lipinski definition) is 2. The summed E-state index contributed by atoms with van der Waals surface area (Å²) in [4.78, 5) is 0. The fourth-order valence-corrected chi connectivity index (χ4v) is 2.66. The minimum absolute atomic E-state index is 0.0301. The lowest BCUT2D eigenvalue weighted by Crippen LogP contribution is -2.26. The second-order valence-corrected chi connectivity index (χ2v) is 5.37. The standard InChI is InChI=1S/C15H28O2/c16-14-10-13-15(17)11-8-6-4-2-1-3-5-7-9-12-15/h10,13,16-17H,1-9,11-12,14H2/b13-10-. The molecule has 0 aromatic rings. The largest absolute Gasteiger partial charge is 0.392 e. The van der Waals surface area contributed by atoms with Gasteiger partial charge in [-0.25, -0.2) is 0 Å². The van der Waals surface area contributed by atoms with Gasteiger partial charge in [-0.3, -0.25) is 0 Å². The maximum Gasteiger partial charge on any atom is 0.0828 e. The van der Waals surface area contributed by atoms with Gasteiger partial charge in [-0.2, -0.15) is 0 Å². The van der Waals surface area contributed by atoms with Gasteiger partial charge in [-0.05, 0) is 12.8 Å². The molecule has 0 bridgehead atoms. The molecule has 0 unspecified atom stereocenters. The summed E-state index contributed by atoms with van der Waals surface area (Å²) in [5, 5.41) is 19.3. The molecule has 1 aliphatic carbocycles. The van der Waals surface area contributed by atoms with E-state index in [-0.39, 0.29) is 6.61 Å². The van der Waals surface area contributed by atoms with Gasteiger partial charge >= 0.3 is 0 Å². The average molecular weight is 240 g/mol. The smallest absolute Gasteiger partial charge is 0.0828 e. The molecule has 0 atom stereocenters. The van der Waals surface area contributed by atoms with Crippen molar-refractivity contribution >= 4 is 0 Å². The first-order valence-electron chi connectivity index (χ1n) is 7.28. The van der Waals surface area contributed by atoms with Crippen LogP contribution in [-0.2, 0) is 0 Å². The van der Waals surface area contributed by atoms with Crippen LogP contribution in [0.15, 0.2) is 12.2 Å². The Morgan fingerprint density at radius 2 is 1.18 bits per heavy atom. The Hall–Kier alpha value is -0.340. The van der Waals surface area contributed by atoms with E-state index in [4.69, 9.17) is 5.11 Å². The van der Waals surface area contributed by atoms with Crippen LogP contribution in [0.25, 0.3) is 0 Å². The Morgan fingerprint density at radius 3 is 1.59 bits per heavy atom. The molecule has 2 heteroatoms. The van der Waals surface area contributed by atoms with Gasteiger partial charge in [-0.15, -0.1) is 0 Å². The zero-order chi connectivity index (χ0) is 12.4. The van der Waals surface area contributed by atoms with Gasteiger partial charge < -0.3 is 10.2 Å². The van der Waals surface area contributed by atoms with Gasteiger partial charge in [0.1, 0.15) is 0 Å². The normalized spacial score (nSPS) is 24.1. The van der Waals surface area contributed by atoms with Crippen molar-refractivity contribution < 1.29 is 10.2 Å². The van der Waals surface area contributed by atoms with E-state index in [0.29, 0.717) is 0 Å². The summed E-state index contributed by atoms with van der Waals surface area (Å²) in [7, 11) is 0. The molecule has 0 aromatic heterocycles. The highest BCUT2D eigenvalue weighted by molar-refractivity contribution is 5.00. The fraction of sp³-hybridized carbons (Fsp3) is 0.867. The zero-order valence-electron chi connectivity index (χ0n) is 11.0. The van der Waals surface area contributed by atoms with Crippen molar-refractivity contribution in [3.8, 4) is 0 Å². The van der Waals surface area contributed by atoms with Gasteiger partial charge in [0.25, 0.3) is 0 Å². The fourth-order valence-electron chi connectivity index (χ4n) is 2.66. The summed E-state index contributed by atoms with van der Waals surface area (Å²) in [6.45, 7) is 0.0301. The van der Waals surface area contributed by atoms with Crippen LogP contribution in [0.1, 0.15) is 70.6 Å². The van der Waals surface area contributed by atoms with Crippen LogP contribution >= 0.6 is 0 Å². The Balaban J connectivity index is 2.44. The van der Waals surface area contributed by atoms with Crippen molar-refractivity contribution in [3.05, 3.63) is 12.2 Å². The van der Waals surface area contributed by atoms with E-state index < -0.39 is 5.60 Å². The first kappa shape index (κ1) is 14.7. The lowest BCUT2D eigenvalue weighted by molar-refractivity contribution is 0.0653. The summed E-state index contributed by atoms with van der Waals surface area (Å²) < 4.78 is 0. The van der Waals surface area contributed by atoms with E-state index in [1.54, 1.807) is 6.08 Å². The SMILES string of the molecule is OC/C=C\C1(O)CCCCCCCCCCC1. The molecule has 0 radical (unpaired) electrons. The maximum absolute atomic E-state index is 10.5. The topological polar surface area (TPSA) is 40.5 Å². The second kappa shape index (κ2) is 8.71. The molecular formula is C15H28O2. The van der Waals surface area contributed by atoms with Gasteiger partial charge in [0.05, 0.1) is 12.2 Å². The first-order valence-corrected chi connectivity index (χ1v) is 7.28. The minimum Gasteiger partial charge on any atom is -0.392 e. The van der Waals surface area contributed by atoms with Crippen LogP contribution < -0.4 is 0 Å². The van der Waals surface area contributed by atoms with Crippen LogP contribution in [0.4, 0.5) is 0 Å². The maximum atomic E-state index is 10.5. The summed E-state index contributed by atoms with van der Waals surface area (Å²) in [5.41, 5.74) is -0.665. The minimum atomic E-state index is -0.665. The zero-order valence-corrected chi connectivity index (χ0v) is 11.0. The van der Waals surface area contributed by atoms with Crippen molar-refractivity contribution in [2.75, 3.05) is 6.61 Å². The van der Waals surface area contributed by atoms with Crippen LogP contribution in [0.3, 0.4) is 0 Å². The number of rotatable bonds is 2. The molecule has 0 heterocycles. The molecule has 1 saturated carbocycles. The predicted molar refractivity (Wildman–Crippen MR) is 72.0 cm³/mol. The quantitative estimate of drug-likeness (QED) is 0.724. The van der Waals surface area contributed by atoms with Crippen molar-refractivity contribution in [1.82, 2.24) is 0 Å². The molecule has 17 heavy (non-hydrogen) atoms. The Kier molecular flexibility index (Phi) is 7.54. The number of hydrogen-bond acceptors (Lipinski definition) is 2. The van der Waals surface area contributed by atoms with Crippen LogP contribution in [0.2, 0.25) is 0 Å². The third-order valence-corrected chi connectivity index (χ3v) is 3.75. The number of aliphatic hydroxyl groups excluding tert-OH is 1. The molecule has 1 aliphatic rings. The summed E-state index contributed by atoms with van der Waals surface area (Å²) in [5.74, 6) is 0. The molecule has 0 spiro atoms. The molecule has 0 aromatic carbocycles. The second-order valence-electron chi connectivity index (χ2n) is 5.37. The first-order chi connectivity index (χ1) is 8.27. The molecular weight excluding hydrogens is 212 g/mol. The van der Waals surface area contributed by atoms with Gasteiger partial charge in [-0.1, -0.05) is 69.9 Å². The molecule has 1 rings (SSSR count). The van der Waals surface area contributed by atoms with Gasteiger partial charge in [0.2, 0.25) is 0 Å².